The van der Waals surface area contributed by atoms with Gasteiger partial charge in [0, 0.05) is 16.1 Å². The van der Waals surface area contributed by atoms with E-state index in [4.69, 9.17) is 27.9 Å². The number of aliphatic hydroxyl groups is 1. The smallest absolute Gasteiger partial charge is 0.300 e. The Labute approximate surface area is 193 Å². The first-order valence-corrected chi connectivity index (χ1v) is 11.1. The van der Waals surface area contributed by atoms with Gasteiger partial charge in [-0.05, 0) is 60.8 Å². The Kier molecular flexibility index (Phi) is 6.05. The van der Waals surface area contributed by atoms with E-state index in [9.17, 15) is 14.7 Å². The van der Waals surface area contributed by atoms with Gasteiger partial charge < -0.3 is 9.84 Å². The summed E-state index contributed by atoms with van der Waals surface area (Å²) in [7, 11) is 0. The molecule has 1 fully saturated rings. The number of benzene rings is 2. The fourth-order valence-corrected chi connectivity index (χ4v) is 4.61. The second-order valence-electron chi connectivity index (χ2n) is 6.74. The highest BCUT2D eigenvalue weighted by Gasteiger charge is 2.47. The molecule has 1 aromatic heterocycles. The Morgan fingerprint density at radius 1 is 1.10 bits per heavy atom. The van der Waals surface area contributed by atoms with E-state index < -0.39 is 17.7 Å². The molecule has 1 amide bonds. The molecular weight excluding hydrogens is 457 g/mol. The first-order chi connectivity index (χ1) is 14.9. The van der Waals surface area contributed by atoms with Gasteiger partial charge in [-0.1, -0.05) is 29.3 Å². The molecular formula is C23H17Cl2NO4S. The molecule has 0 spiro atoms. The molecule has 1 atom stereocenters. The van der Waals surface area contributed by atoms with Crippen LogP contribution in [0.4, 0.5) is 5.69 Å². The van der Waals surface area contributed by atoms with Gasteiger partial charge in [0.05, 0.1) is 22.2 Å². The molecule has 1 aliphatic heterocycles. The summed E-state index contributed by atoms with van der Waals surface area (Å²) >= 11 is 13.5. The van der Waals surface area contributed by atoms with Crippen LogP contribution in [0, 0.1) is 0 Å². The quantitative estimate of drug-likeness (QED) is 0.277. The van der Waals surface area contributed by atoms with Gasteiger partial charge in [0.25, 0.3) is 11.7 Å². The minimum atomic E-state index is -0.771. The third-order valence-electron chi connectivity index (χ3n) is 4.88. The van der Waals surface area contributed by atoms with Gasteiger partial charge in [0.2, 0.25) is 0 Å². The van der Waals surface area contributed by atoms with Crippen LogP contribution in [0.1, 0.15) is 23.4 Å². The van der Waals surface area contributed by atoms with Gasteiger partial charge >= 0.3 is 0 Å². The maximum absolute atomic E-state index is 13.0. The van der Waals surface area contributed by atoms with Gasteiger partial charge in [-0.15, -0.1) is 11.3 Å². The van der Waals surface area contributed by atoms with Crippen molar-refractivity contribution in [2.24, 2.45) is 0 Å². The van der Waals surface area contributed by atoms with Gasteiger partial charge in [-0.3, -0.25) is 14.5 Å². The van der Waals surface area contributed by atoms with Crippen molar-refractivity contribution in [3.63, 3.8) is 0 Å². The summed E-state index contributed by atoms with van der Waals surface area (Å²) in [6.07, 6.45) is 0. The number of aliphatic hydroxyl groups excluding tert-OH is 1. The molecule has 1 saturated heterocycles. The average molecular weight is 474 g/mol. The number of nitrogens with zero attached hydrogens (tertiary/aromatic N) is 1. The highest BCUT2D eigenvalue weighted by atomic mass is 35.5. The fourth-order valence-electron chi connectivity index (χ4n) is 3.48. The van der Waals surface area contributed by atoms with Crippen molar-refractivity contribution in [3.8, 4) is 5.75 Å². The van der Waals surface area contributed by atoms with Crippen molar-refractivity contribution in [2.75, 3.05) is 11.5 Å². The van der Waals surface area contributed by atoms with Gasteiger partial charge in [-0.25, -0.2) is 0 Å². The minimum Gasteiger partial charge on any atom is -0.507 e. The Morgan fingerprint density at radius 2 is 1.84 bits per heavy atom. The summed E-state index contributed by atoms with van der Waals surface area (Å²) in [5.41, 5.74) is 0.831. The van der Waals surface area contributed by atoms with E-state index in [-0.39, 0.29) is 16.4 Å². The molecule has 31 heavy (non-hydrogen) atoms. The maximum Gasteiger partial charge on any atom is 0.300 e. The van der Waals surface area contributed by atoms with Crippen molar-refractivity contribution in [1.82, 2.24) is 0 Å². The molecule has 8 heteroatoms. The largest absolute Gasteiger partial charge is 0.507 e. The predicted molar refractivity (Wildman–Crippen MR) is 123 cm³/mol. The summed E-state index contributed by atoms with van der Waals surface area (Å²) in [4.78, 5) is 28.2. The molecule has 1 N–H and O–H groups in total. The number of amides is 1. The summed E-state index contributed by atoms with van der Waals surface area (Å²) in [5, 5.41) is 13.4. The molecule has 2 heterocycles. The minimum absolute atomic E-state index is 0.000256. The number of carbonyl (C=O) groups excluding carboxylic acids is 2. The molecule has 4 rings (SSSR count). The van der Waals surface area contributed by atoms with Gasteiger partial charge in [-0.2, -0.15) is 0 Å². The van der Waals surface area contributed by atoms with E-state index in [1.165, 1.54) is 28.4 Å². The van der Waals surface area contributed by atoms with Crippen LogP contribution in [0.3, 0.4) is 0 Å². The van der Waals surface area contributed by atoms with Crippen LogP contribution in [-0.2, 0) is 9.59 Å². The third kappa shape index (κ3) is 3.94. The first-order valence-electron chi connectivity index (χ1n) is 9.45. The van der Waals surface area contributed by atoms with Crippen LogP contribution in [-0.4, -0.2) is 23.4 Å². The number of thiophene rings is 1. The number of rotatable bonds is 5. The SMILES string of the molecule is CCOc1ccc(N2C(=O)C(=O)/C(=C(\O)c3ccc(Cl)c(Cl)c3)C2c2cccs2)cc1. The molecule has 1 unspecified atom stereocenters. The lowest BCUT2D eigenvalue weighted by Gasteiger charge is -2.24. The van der Waals surface area contributed by atoms with E-state index in [1.54, 1.807) is 30.3 Å². The normalized spacial score (nSPS) is 17.9. The topological polar surface area (TPSA) is 66.8 Å². The Balaban J connectivity index is 1.86. The van der Waals surface area contributed by atoms with Gasteiger partial charge in [0.15, 0.2) is 0 Å². The van der Waals surface area contributed by atoms with Crippen molar-refractivity contribution in [1.29, 1.82) is 0 Å². The summed E-state index contributed by atoms with van der Waals surface area (Å²) < 4.78 is 5.47. The average Bonchev–Trinajstić information content (AvgIpc) is 3.38. The van der Waals surface area contributed by atoms with Crippen LogP contribution < -0.4 is 9.64 Å². The Hall–Kier alpha value is -2.80. The summed E-state index contributed by atoms with van der Waals surface area (Å²) in [6, 6.07) is 14.3. The molecule has 2 aromatic carbocycles. The second-order valence-corrected chi connectivity index (χ2v) is 8.53. The highest BCUT2D eigenvalue weighted by Crippen LogP contribution is 2.44. The van der Waals surface area contributed by atoms with E-state index in [2.05, 4.69) is 0 Å². The van der Waals surface area contributed by atoms with Gasteiger partial charge in [0.1, 0.15) is 17.6 Å². The number of ketones is 1. The number of halogens is 2. The maximum atomic E-state index is 13.0. The summed E-state index contributed by atoms with van der Waals surface area (Å²) in [5.74, 6) is -1.13. The number of hydrogen-bond donors (Lipinski definition) is 1. The molecule has 158 valence electrons. The van der Waals surface area contributed by atoms with Crippen molar-refractivity contribution in [2.45, 2.75) is 13.0 Å². The standard InChI is InChI=1S/C23H17Cl2NO4S/c1-2-30-15-8-6-14(7-9-15)26-20(18-4-3-11-31-18)19(22(28)23(26)29)21(27)13-5-10-16(24)17(25)12-13/h3-12,20,27H,2H2,1H3/b21-19-. The van der Waals surface area contributed by atoms with Crippen molar-refractivity contribution >= 4 is 57.7 Å². The monoisotopic (exact) mass is 473 g/mol. The molecule has 5 nitrogen and oxygen atoms in total. The number of ether oxygens (including phenoxy) is 1. The van der Waals surface area contributed by atoms with E-state index in [1.807, 2.05) is 24.4 Å². The van der Waals surface area contributed by atoms with Crippen molar-refractivity contribution in [3.05, 3.63) is 86.0 Å². The Morgan fingerprint density at radius 3 is 2.45 bits per heavy atom. The molecule has 3 aromatic rings. The lowest BCUT2D eigenvalue weighted by molar-refractivity contribution is -0.132. The second kappa shape index (κ2) is 8.75. The van der Waals surface area contributed by atoms with E-state index in [0.29, 0.717) is 28.6 Å². The van der Waals surface area contributed by atoms with Crippen molar-refractivity contribution < 1.29 is 19.4 Å². The lowest BCUT2D eigenvalue weighted by Crippen LogP contribution is -2.29. The first kappa shape index (κ1) is 21.4. The lowest BCUT2D eigenvalue weighted by atomic mass is 9.99. The van der Waals surface area contributed by atoms with Crippen LogP contribution in [0.25, 0.3) is 5.76 Å². The molecule has 0 radical (unpaired) electrons. The number of Topliss-reactive ketones (excluding diaryl/α,β-unsaturated/α-hetero) is 1. The van der Waals surface area contributed by atoms with E-state index >= 15 is 0 Å². The number of hydrogen-bond acceptors (Lipinski definition) is 5. The zero-order chi connectivity index (χ0) is 22.1. The van der Waals surface area contributed by atoms with Crippen LogP contribution in [0.2, 0.25) is 10.0 Å². The Bertz CT molecular complexity index is 1170. The summed E-state index contributed by atoms with van der Waals surface area (Å²) in [6.45, 7) is 2.40. The molecule has 0 bridgehead atoms. The van der Waals surface area contributed by atoms with Crippen LogP contribution in [0.15, 0.2) is 65.6 Å². The number of carbonyl (C=O) groups is 2. The molecule has 0 saturated carbocycles. The number of anilines is 1. The van der Waals surface area contributed by atoms with Crippen LogP contribution >= 0.6 is 34.5 Å². The molecule has 1 aliphatic rings. The predicted octanol–water partition coefficient (Wildman–Crippen LogP) is 6.08. The van der Waals surface area contributed by atoms with E-state index in [0.717, 1.165) is 4.88 Å². The zero-order valence-electron chi connectivity index (χ0n) is 16.3. The third-order valence-corrected chi connectivity index (χ3v) is 6.54. The molecule has 0 aliphatic carbocycles. The zero-order valence-corrected chi connectivity index (χ0v) is 18.7. The fraction of sp³-hybridized carbons (Fsp3) is 0.130. The highest BCUT2D eigenvalue weighted by molar-refractivity contribution is 7.10. The van der Waals surface area contributed by atoms with Crippen LogP contribution in [0.5, 0.6) is 5.75 Å².